The topological polar surface area (TPSA) is 118 Å². The lowest BCUT2D eigenvalue weighted by molar-refractivity contribution is 0.240. The van der Waals surface area contributed by atoms with E-state index in [0.29, 0.717) is 29.1 Å². The van der Waals surface area contributed by atoms with Crippen molar-refractivity contribution < 1.29 is 13.9 Å². The van der Waals surface area contributed by atoms with Gasteiger partial charge in [0.15, 0.2) is 6.61 Å². The third kappa shape index (κ3) is 4.51. The fraction of sp³-hybridized carbons (Fsp3) is 0.357. The highest BCUT2D eigenvalue weighted by atomic mass is 16.5. The third-order valence-electron chi connectivity index (χ3n) is 7.31. The smallest absolute Gasteiger partial charge is 0.319 e. The summed E-state index contributed by atoms with van der Waals surface area (Å²) in [6, 6.07) is 16.4. The number of nitrogens with zero attached hydrogens (tertiary/aromatic N) is 4. The maximum absolute atomic E-state index is 12.3. The van der Waals surface area contributed by atoms with Gasteiger partial charge in [0, 0.05) is 36.1 Å². The normalized spacial score (nSPS) is 15.6. The number of rotatable bonds is 7. The van der Waals surface area contributed by atoms with E-state index in [1.165, 1.54) is 6.42 Å². The maximum atomic E-state index is 12.3. The molecule has 2 saturated carbocycles. The second-order valence-corrected chi connectivity index (χ2v) is 9.78. The predicted molar refractivity (Wildman–Crippen MR) is 138 cm³/mol. The molecular weight excluding hydrogens is 468 g/mol. The lowest BCUT2D eigenvalue weighted by Gasteiger charge is -2.30. The number of aryl methyl sites for hydroxylation is 1. The highest BCUT2D eigenvalue weighted by Gasteiger charge is 2.28. The SMILES string of the molecule is Cc1nnc(COc2ccc3c(C#N)c(-c4ccc(NC(=O)NC5CCC5)cc4)n(C4CCC4)c3c2)o1. The second kappa shape index (κ2) is 9.62. The van der Waals surface area contributed by atoms with Crippen molar-refractivity contribution in [1.29, 1.82) is 5.26 Å². The molecule has 4 aromatic rings. The molecule has 0 spiro atoms. The van der Waals surface area contributed by atoms with Crippen molar-refractivity contribution in [3.05, 3.63) is 59.8 Å². The zero-order valence-corrected chi connectivity index (χ0v) is 20.7. The van der Waals surface area contributed by atoms with Gasteiger partial charge in [-0.05, 0) is 68.4 Å². The molecule has 0 unspecified atom stereocenters. The zero-order chi connectivity index (χ0) is 25.4. The predicted octanol–water partition coefficient (Wildman–Crippen LogP) is 5.85. The van der Waals surface area contributed by atoms with Crippen LogP contribution in [0.4, 0.5) is 10.5 Å². The number of nitriles is 1. The van der Waals surface area contributed by atoms with Gasteiger partial charge in [0.05, 0.1) is 16.8 Å². The van der Waals surface area contributed by atoms with Gasteiger partial charge in [-0.25, -0.2) is 4.79 Å². The summed E-state index contributed by atoms with van der Waals surface area (Å²) in [6.45, 7) is 1.92. The van der Waals surface area contributed by atoms with Crippen LogP contribution in [0.5, 0.6) is 5.75 Å². The summed E-state index contributed by atoms with van der Waals surface area (Å²) in [6.07, 6.45) is 6.54. The Balaban J connectivity index is 1.32. The largest absolute Gasteiger partial charge is 0.484 e. The Hall–Kier alpha value is -4.32. The number of hydrogen-bond acceptors (Lipinski definition) is 6. The van der Waals surface area contributed by atoms with Crippen LogP contribution in [-0.2, 0) is 6.61 Å². The first kappa shape index (κ1) is 23.1. The number of nitrogens with one attached hydrogen (secondary N) is 2. The summed E-state index contributed by atoms with van der Waals surface area (Å²) >= 11 is 0. The van der Waals surface area contributed by atoms with Crippen molar-refractivity contribution in [1.82, 2.24) is 20.1 Å². The zero-order valence-electron chi connectivity index (χ0n) is 20.7. The van der Waals surface area contributed by atoms with E-state index in [-0.39, 0.29) is 18.7 Å². The minimum Gasteiger partial charge on any atom is -0.484 e. The van der Waals surface area contributed by atoms with Crippen LogP contribution in [0, 0.1) is 18.3 Å². The van der Waals surface area contributed by atoms with Crippen LogP contribution in [0.15, 0.2) is 46.9 Å². The standard InChI is InChI=1S/C28H28N6O3/c1-17-32-33-26(37-17)16-36-22-12-13-23-24(15-29)27(34(25(23)14-22)21-6-3-7-21)18-8-10-20(11-9-18)31-28(35)30-19-4-2-5-19/h8-14,19,21H,2-7,16H2,1H3,(H2,30,31,35). The van der Waals surface area contributed by atoms with Gasteiger partial charge in [-0.1, -0.05) is 12.1 Å². The second-order valence-electron chi connectivity index (χ2n) is 9.78. The van der Waals surface area contributed by atoms with Gasteiger partial charge in [0.25, 0.3) is 5.89 Å². The van der Waals surface area contributed by atoms with Crippen molar-refractivity contribution in [2.45, 2.75) is 64.1 Å². The molecule has 2 amide bonds. The number of anilines is 1. The molecule has 0 saturated heterocycles. The molecule has 0 bridgehead atoms. The van der Waals surface area contributed by atoms with Crippen molar-refractivity contribution in [2.24, 2.45) is 0 Å². The molecule has 9 nitrogen and oxygen atoms in total. The van der Waals surface area contributed by atoms with Crippen LogP contribution in [0.25, 0.3) is 22.2 Å². The first-order valence-corrected chi connectivity index (χ1v) is 12.8. The average molecular weight is 497 g/mol. The van der Waals surface area contributed by atoms with E-state index in [4.69, 9.17) is 9.15 Å². The number of hydrogen-bond donors (Lipinski definition) is 2. The van der Waals surface area contributed by atoms with Gasteiger partial charge < -0.3 is 24.4 Å². The summed E-state index contributed by atoms with van der Waals surface area (Å²) in [5.41, 5.74) is 4.17. The van der Waals surface area contributed by atoms with E-state index in [2.05, 4.69) is 31.5 Å². The van der Waals surface area contributed by atoms with Gasteiger partial charge in [0.2, 0.25) is 5.89 Å². The molecule has 2 heterocycles. The summed E-state index contributed by atoms with van der Waals surface area (Å²) in [5.74, 6) is 1.59. The molecule has 37 heavy (non-hydrogen) atoms. The number of aromatic nitrogens is 3. The number of benzene rings is 2. The number of urea groups is 1. The van der Waals surface area contributed by atoms with E-state index < -0.39 is 0 Å². The van der Waals surface area contributed by atoms with Gasteiger partial charge >= 0.3 is 6.03 Å². The first-order valence-electron chi connectivity index (χ1n) is 12.8. The number of fused-ring (bicyclic) bond motifs is 1. The fourth-order valence-corrected chi connectivity index (χ4v) is 4.96. The Morgan fingerprint density at radius 1 is 1.14 bits per heavy atom. The Kier molecular flexibility index (Phi) is 6.01. The summed E-state index contributed by atoms with van der Waals surface area (Å²) in [4.78, 5) is 12.3. The molecule has 2 aromatic heterocycles. The molecule has 6 rings (SSSR count). The highest BCUT2D eigenvalue weighted by Crippen LogP contribution is 2.43. The van der Waals surface area contributed by atoms with Crippen molar-refractivity contribution >= 4 is 22.6 Å². The minimum absolute atomic E-state index is 0.178. The molecule has 9 heteroatoms. The van der Waals surface area contributed by atoms with Crippen molar-refractivity contribution in [2.75, 3.05) is 5.32 Å². The molecule has 2 N–H and O–H groups in total. The van der Waals surface area contributed by atoms with Crippen molar-refractivity contribution in [3.8, 4) is 23.1 Å². The third-order valence-corrected chi connectivity index (χ3v) is 7.31. The van der Waals surface area contributed by atoms with Crippen LogP contribution < -0.4 is 15.4 Å². The molecule has 0 atom stereocenters. The quantitative estimate of drug-likeness (QED) is 0.331. The Bertz CT molecular complexity index is 1490. The molecule has 2 aromatic carbocycles. The van der Waals surface area contributed by atoms with Crippen LogP contribution in [-0.4, -0.2) is 26.8 Å². The van der Waals surface area contributed by atoms with Gasteiger partial charge in [-0.3, -0.25) is 0 Å². The number of carbonyl (C=O) groups excluding carboxylic acids is 1. The number of carbonyl (C=O) groups is 1. The Labute approximate surface area is 214 Å². The van der Waals surface area contributed by atoms with E-state index in [1.807, 2.05) is 42.5 Å². The van der Waals surface area contributed by atoms with Crippen LogP contribution >= 0.6 is 0 Å². The van der Waals surface area contributed by atoms with Crippen LogP contribution in [0.2, 0.25) is 0 Å². The lowest BCUT2D eigenvalue weighted by Crippen LogP contribution is -2.41. The maximum Gasteiger partial charge on any atom is 0.319 e. The highest BCUT2D eigenvalue weighted by molar-refractivity contribution is 5.96. The number of amides is 2. The van der Waals surface area contributed by atoms with E-state index in [0.717, 1.165) is 60.0 Å². The molecular formula is C28H28N6O3. The Morgan fingerprint density at radius 3 is 2.54 bits per heavy atom. The first-order chi connectivity index (χ1) is 18.1. The van der Waals surface area contributed by atoms with Gasteiger partial charge in [0.1, 0.15) is 11.8 Å². The van der Waals surface area contributed by atoms with Gasteiger partial charge in [-0.15, -0.1) is 10.2 Å². The van der Waals surface area contributed by atoms with Crippen molar-refractivity contribution in [3.63, 3.8) is 0 Å². The molecule has 2 aliphatic carbocycles. The summed E-state index contributed by atoms with van der Waals surface area (Å²) in [7, 11) is 0. The molecule has 0 aliphatic heterocycles. The molecule has 188 valence electrons. The summed E-state index contributed by atoms with van der Waals surface area (Å²) in [5, 5.41) is 24.8. The molecule has 0 radical (unpaired) electrons. The van der Waals surface area contributed by atoms with E-state index in [1.54, 1.807) is 6.92 Å². The summed E-state index contributed by atoms with van der Waals surface area (Å²) < 4.78 is 13.6. The molecule has 2 fully saturated rings. The number of ether oxygens (including phenoxy) is 1. The lowest BCUT2D eigenvalue weighted by atomic mass is 9.92. The molecule has 2 aliphatic rings. The van der Waals surface area contributed by atoms with E-state index in [9.17, 15) is 10.1 Å². The van der Waals surface area contributed by atoms with Crippen LogP contribution in [0.1, 0.15) is 61.9 Å². The minimum atomic E-state index is -0.179. The van der Waals surface area contributed by atoms with E-state index >= 15 is 0 Å². The fourth-order valence-electron chi connectivity index (χ4n) is 4.96. The monoisotopic (exact) mass is 496 g/mol. The van der Waals surface area contributed by atoms with Gasteiger partial charge in [-0.2, -0.15) is 5.26 Å². The average Bonchev–Trinajstić information content (AvgIpc) is 3.40. The Morgan fingerprint density at radius 2 is 1.92 bits per heavy atom. The van der Waals surface area contributed by atoms with Crippen LogP contribution in [0.3, 0.4) is 0 Å².